The van der Waals surface area contributed by atoms with E-state index in [4.69, 9.17) is 0 Å². The molecule has 1 saturated carbocycles. The second-order valence-electron chi connectivity index (χ2n) is 5.79. The van der Waals surface area contributed by atoms with E-state index in [0.29, 0.717) is 24.3 Å². The summed E-state index contributed by atoms with van der Waals surface area (Å²) < 4.78 is 0. The molecule has 1 aromatic rings. The monoisotopic (exact) mass is 310 g/mol. The molecule has 0 aromatic heterocycles. The zero-order valence-electron chi connectivity index (χ0n) is 13.0. The number of hydrogen-bond donors (Lipinski definition) is 1. The van der Waals surface area contributed by atoms with Crippen LogP contribution in [0, 0.1) is 5.92 Å². The number of nitrogens with one attached hydrogen (secondary N) is 1. The predicted octanol–water partition coefficient (Wildman–Crippen LogP) is 3.24. The third-order valence-corrected chi connectivity index (χ3v) is 4.13. The number of hydrogen-bond acceptors (Lipinski definition) is 2. The quantitative estimate of drug-likeness (QED) is 0.748. The van der Waals surface area contributed by atoms with E-state index in [9.17, 15) is 4.79 Å². The fourth-order valence-electron chi connectivity index (χ4n) is 2.63. The Hall–Kier alpha value is -1.06. The molecule has 1 aromatic carbocycles. The van der Waals surface area contributed by atoms with Crippen LogP contribution >= 0.6 is 12.4 Å². The highest BCUT2D eigenvalue weighted by Crippen LogP contribution is 2.36. The molecule has 118 valence electrons. The molecular formula is C17H27ClN2O. The van der Waals surface area contributed by atoms with Crippen LogP contribution in [0.15, 0.2) is 30.3 Å². The maximum atomic E-state index is 12.5. The van der Waals surface area contributed by atoms with Gasteiger partial charge in [0.25, 0.3) is 0 Å². The molecule has 1 amide bonds. The minimum absolute atomic E-state index is 0. The van der Waals surface area contributed by atoms with Crippen LogP contribution in [-0.2, 0) is 11.3 Å². The van der Waals surface area contributed by atoms with E-state index < -0.39 is 0 Å². The molecule has 2 rings (SSSR count). The van der Waals surface area contributed by atoms with Crippen molar-refractivity contribution < 1.29 is 4.79 Å². The summed E-state index contributed by atoms with van der Waals surface area (Å²) in [6.45, 7) is 3.86. The predicted molar refractivity (Wildman–Crippen MR) is 89.6 cm³/mol. The highest BCUT2D eigenvalue weighted by atomic mass is 35.5. The van der Waals surface area contributed by atoms with Gasteiger partial charge >= 0.3 is 0 Å². The molecule has 1 fully saturated rings. The van der Waals surface area contributed by atoms with E-state index in [2.05, 4.69) is 29.3 Å². The first-order valence-corrected chi connectivity index (χ1v) is 7.70. The molecule has 1 atom stereocenters. The van der Waals surface area contributed by atoms with Gasteiger partial charge in [0.15, 0.2) is 0 Å². The van der Waals surface area contributed by atoms with E-state index in [1.54, 1.807) is 0 Å². The minimum atomic E-state index is 0. The molecule has 0 radical (unpaired) electrons. The number of nitrogens with zero attached hydrogens (tertiary/aromatic N) is 1. The Labute approximate surface area is 134 Å². The average Bonchev–Trinajstić information content (AvgIpc) is 3.30. The van der Waals surface area contributed by atoms with Crippen molar-refractivity contribution in [3.8, 4) is 0 Å². The molecule has 0 spiro atoms. The van der Waals surface area contributed by atoms with Gasteiger partial charge in [0.2, 0.25) is 5.91 Å². The van der Waals surface area contributed by atoms with Crippen LogP contribution in [0.4, 0.5) is 0 Å². The third-order valence-electron chi connectivity index (χ3n) is 4.13. The third kappa shape index (κ3) is 5.68. The van der Waals surface area contributed by atoms with E-state index in [1.807, 2.05) is 25.2 Å². The maximum absolute atomic E-state index is 12.5. The molecule has 3 nitrogen and oxygen atoms in total. The maximum Gasteiger partial charge on any atom is 0.223 e. The molecule has 4 heteroatoms. The lowest BCUT2D eigenvalue weighted by molar-refractivity contribution is -0.134. The normalized spacial score (nSPS) is 15.1. The number of benzene rings is 1. The van der Waals surface area contributed by atoms with Crippen LogP contribution in [0.5, 0.6) is 0 Å². The van der Waals surface area contributed by atoms with E-state index in [1.165, 1.54) is 18.4 Å². The number of carbonyl (C=O) groups excluding carboxylic acids is 1. The molecule has 1 aliphatic carbocycles. The summed E-state index contributed by atoms with van der Waals surface area (Å²) in [4.78, 5) is 14.6. The lowest BCUT2D eigenvalue weighted by atomic mass is 10.1. The fraction of sp³-hybridized carbons (Fsp3) is 0.588. The summed E-state index contributed by atoms with van der Waals surface area (Å²) in [6, 6.07) is 10.7. The van der Waals surface area contributed by atoms with Crippen molar-refractivity contribution in [3.05, 3.63) is 35.9 Å². The Morgan fingerprint density at radius 1 is 1.33 bits per heavy atom. The van der Waals surface area contributed by atoms with Gasteiger partial charge < -0.3 is 10.2 Å². The highest BCUT2D eigenvalue weighted by molar-refractivity contribution is 5.85. The molecule has 0 bridgehead atoms. The molecule has 0 heterocycles. The second kappa shape index (κ2) is 9.06. The first-order chi connectivity index (χ1) is 9.72. The zero-order chi connectivity index (χ0) is 14.4. The fourth-order valence-corrected chi connectivity index (χ4v) is 2.63. The number of rotatable bonds is 8. The van der Waals surface area contributed by atoms with E-state index in [-0.39, 0.29) is 12.4 Å². The minimum Gasteiger partial charge on any atom is -0.335 e. The highest BCUT2D eigenvalue weighted by Gasteiger charge is 2.33. The lowest BCUT2D eigenvalue weighted by Crippen LogP contribution is -2.39. The summed E-state index contributed by atoms with van der Waals surface area (Å²) in [5.41, 5.74) is 1.22. The van der Waals surface area contributed by atoms with Gasteiger partial charge in [0.05, 0.1) is 0 Å². The largest absolute Gasteiger partial charge is 0.335 e. The molecule has 21 heavy (non-hydrogen) atoms. The van der Waals surface area contributed by atoms with Gasteiger partial charge in [-0.15, -0.1) is 12.4 Å². The lowest BCUT2D eigenvalue weighted by Gasteiger charge is -2.30. The molecule has 0 aliphatic heterocycles. The number of carbonyl (C=O) groups is 1. The summed E-state index contributed by atoms with van der Waals surface area (Å²) >= 11 is 0. The van der Waals surface area contributed by atoms with E-state index in [0.717, 1.165) is 19.5 Å². The standard InChI is InChI=1S/C17H26N2O.ClH/c1-14(16-10-11-16)19(17(20)9-6-12-18-2)13-15-7-4-3-5-8-15;/h3-5,7-8,14,16,18H,6,9-13H2,1-2H3;1H. The average molecular weight is 311 g/mol. The zero-order valence-corrected chi connectivity index (χ0v) is 13.9. The van der Waals surface area contributed by atoms with Gasteiger partial charge in [0, 0.05) is 19.0 Å². The summed E-state index contributed by atoms with van der Waals surface area (Å²) in [6.07, 6.45) is 4.11. The Morgan fingerprint density at radius 3 is 2.57 bits per heavy atom. The first-order valence-electron chi connectivity index (χ1n) is 7.70. The number of halogens is 1. The molecule has 1 unspecified atom stereocenters. The van der Waals surface area contributed by atoms with Gasteiger partial charge in [0.1, 0.15) is 0 Å². The van der Waals surface area contributed by atoms with Gasteiger partial charge in [-0.25, -0.2) is 0 Å². The first kappa shape index (κ1) is 18.0. The van der Waals surface area contributed by atoms with Crippen molar-refractivity contribution in [3.63, 3.8) is 0 Å². The van der Waals surface area contributed by atoms with Crippen molar-refractivity contribution in [1.82, 2.24) is 10.2 Å². The van der Waals surface area contributed by atoms with Crippen molar-refractivity contribution >= 4 is 18.3 Å². The Kier molecular flexibility index (Phi) is 7.76. The molecule has 0 saturated heterocycles. The summed E-state index contributed by atoms with van der Waals surface area (Å²) in [5.74, 6) is 1.01. The van der Waals surface area contributed by atoms with Crippen molar-refractivity contribution in [2.75, 3.05) is 13.6 Å². The summed E-state index contributed by atoms with van der Waals surface area (Å²) in [5, 5.41) is 3.11. The van der Waals surface area contributed by atoms with Crippen LogP contribution in [0.25, 0.3) is 0 Å². The van der Waals surface area contributed by atoms with Gasteiger partial charge in [-0.1, -0.05) is 30.3 Å². The Morgan fingerprint density at radius 2 is 2.00 bits per heavy atom. The second-order valence-corrected chi connectivity index (χ2v) is 5.79. The van der Waals surface area contributed by atoms with Crippen LogP contribution < -0.4 is 5.32 Å². The Bertz CT molecular complexity index is 420. The van der Waals surface area contributed by atoms with Crippen molar-refractivity contribution in [1.29, 1.82) is 0 Å². The Balaban J connectivity index is 0.00000220. The van der Waals surface area contributed by atoms with Gasteiger partial charge in [-0.3, -0.25) is 4.79 Å². The summed E-state index contributed by atoms with van der Waals surface area (Å²) in [7, 11) is 1.93. The van der Waals surface area contributed by atoms with E-state index >= 15 is 0 Å². The van der Waals surface area contributed by atoms with Gasteiger partial charge in [-0.05, 0) is 51.3 Å². The molecule has 1 N–H and O–H groups in total. The van der Waals surface area contributed by atoms with Crippen LogP contribution in [0.3, 0.4) is 0 Å². The molecular weight excluding hydrogens is 284 g/mol. The van der Waals surface area contributed by atoms with Crippen molar-refractivity contribution in [2.45, 2.75) is 45.2 Å². The topological polar surface area (TPSA) is 32.3 Å². The van der Waals surface area contributed by atoms with Gasteiger partial charge in [-0.2, -0.15) is 0 Å². The molecule has 1 aliphatic rings. The smallest absolute Gasteiger partial charge is 0.223 e. The van der Waals surface area contributed by atoms with Crippen LogP contribution in [0.1, 0.15) is 38.2 Å². The van der Waals surface area contributed by atoms with Crippen LogP contribution in [0.2, 0.25) is 0 Å². The van der Waals surface area contributed by atoms with Crippen molar-refractivity contribution in [2.24, 2.45) is 5.92 Å². The number of amides is 1. The van der Waals surface area contributed by atoms with Crippen LogP contribution in [-0.4, -0.2) is 30.4 Å². The SMILES string of the molecule is CNCCCC(=O)N(Cc1ccccc1)C(C)C1CC1.Cl.